The molecule has 19 nitrogen and oxygen atoms in total. The molecule has 358 valence electrons. The van der Waals surface area contributed by atoms with E-state index in [2.05, 4.69) is 36.1 Å². The summed E-state index contributed by atoms with van der Waals surface area (Å²) in [5.74, 6) is -1.09. The molecule has 0 radical (unpaired) electrons. The van der Waals surface area contributed by atoms with Gasteiger partial charge in [-0.1, -0.05) is 31.9 Å². The van der Waals surface area contributed by atoms with E-state index in [0.717, 1.165) is 64.0 Å². The molecule has 5 aliphatic rings. The number of hydrogen-bond donors (Lipinski definition) is 5. The molecule has 3 fully saturated rings. The van der Waals surface area contributed by atoms with Gasteiger partial charge in [0.15, 0.2) is 11.6 Å². The van der Waals surface area contributed by atoms with Gasteiger partial charge in [0.1, 0.15) is 23.5 Å². The summed E-state index contributed by atoms with van der Waals surface area (Å²) in [6.45, 7) is 5.42. The average Bonchev–Trinajstić information content (AvgIpc) is 3.99. The van der Waals surface area contributed by atoms with Crippen LogP contribution in [-0.4, -0.2) is 135 Å². The Labute approximate surface area is 390 Å². The van der Waals surface area contributed by atoms with Gasteiger partial charge in [-0.15, -0.1) is 0 Å². The lowest BCUT2D eigenvalue weighted by molar-refractivity contribution is -0.137. The number of likely N-dealkylation sites (N-methyl/N-ethyl adjacent to an activating group) is 1. The van der Waals surface area contributed by atoms with Crippen LogP contribution in [0.5, 0.6) is 5.75 Å². The minimum atomic E-state index is -0.959. The van der Waals surface area contributed by atoms with Crippen molar-refractivity contribution in [3.05, 3.63) is 59.3 Å². The van der Waals surface area contributed by atoms with E-state index in [4.69, 9.17) is 24.9 Å². The summed E-state index contributed by atoms with van der Waals surface area (Å²) >= 11 is 0. The third kappa shape index (κ3) is 10.6. The number of carbonyl (C=O) groups is 6. The van der Waals surface area contributed by atoms with Crippen LogP contribution in [0, 0.1) is 11.8 Å². The van der Waals surface area contributed by atoms with E-state index in [1.807, 2.05) is 6.92 Å². The van der Waals surface area contributed by atoms with Crippen LogP contribution in [0.2, 0.25) is 0 Å². The molecule has 4 atom stereocenters. The number of Topliss-reactive ketones (excluding diaryl/α,β-unsaturated/α-hetero) is 1. The zero-order valence-electron chi connectivity index (χ0n) is 38.5. The Morgan fingerprint density at radius 1 is 0.955 bits per heavy atom. The first-order valence-electron chi connectivity index (χ1n) is 23.6. The molecule has 19 heteroatoms. The van der Waals surface area contributed by atoms with Crippen LogP contribution >= 0.6 is 0 Å². The van der Waals surface area contributed by atoms with Crippen LogP contribution in [0.25, 0.3) is 0 Å². The first-order valence-corrected chi connectivity index (χ1v) is 23.6. The molecule has 2 aliphatic carbocycles. The van der Waals surface area contributed by atoms with E-state index >= 15 is 0 Å². The molecule has 0 bridgehead atoms. The number of amides is 5. The third-order valence-electron chi connectivity index (χ3n) is 13.8. The van der Waals surface area contributed by atoms with E-state index in [0.29, 0.717) is 71.5 Å². The third-order valence-corrected chi connectivity index (χ3v) is 13.8. The van der Waals surface area contributed by atoms with Crippen LogP contribution < -0.4 is 41.5 Å². The predicted molar refractivity (Wildman–Crippen MR) is 250 cm³/mol. The van der Waals surface area contributed by atoms with Gasteiger partial charge in [-0.05, 0) is 74.8 Å². The van der Waals surface area contributed by atoms with Crippen molar-refractivity contribution in [3.63, 3.8) is 0 Å². The van der Waals surface area contributed by atoms with Gasteiger partial charge in [-0.25, -0.2) is 4.98 Å². The molecule has 2 aromatic carbocycles. The van der Waals surface area contributed by atoms with Crippen molar-refractivity contribution in [2.45, 2.75) is 95.3 Å². The second-order valence-corrected chi connectivity index (χ2v) is 18.0. The number of methoxy groups -OCH3 is 1. The van der Waals surface area contributed by atoms with Gasteiger partial charge in [-0.3, -0.25) is 34.1 Å². The number of benzene rings is 2. The summed E-state index contributed by atoms with van der Waals surface area (Å²) < 4.78 is 17.1. The Balaban J connectivity index is 0.728. The van der Waals surface area contributed by atoms with Crippen molar-refractivity contribution in [1.29, 1.82) is 0 Å². The van der Waals surface area contributed by atoms with E-state index in [9.17, 15) is 28.8 Å². The Bertz CT molecular complexity index is 2350. The fraction of sp³-hybridized carbons (Fsp3) is 0.542. The number of nitrogens with two attached hydrogens (primary N) is 1. The summed E-state index contributed by atoms with van der Waals surface area (Å²) in [4.78, 5) is 92.6. The summed E-state index contributed by atoms with van der Waals surface area (Å²) in [5, 5.41) is 11.6. The highest BCUT2D eigenvalue weighted by Gasteiger charge is 2.44. The molecule has 1 aromatic heterocycles. The molecular weight excluding hydrogens is 861 g/mol. The van der Waals surface area contributed by atoms with Gasteiger partial charge >= 0.3 is 0 Å². The Morgan fingerprint density at radius 3 is 2.48 bits per heavy atom. The van der Waals surface area contributed by atoms with Gasteiger partial charge in [0.05, 0.1) is 45.4 Å². The molecule has 4 heterocycles. The second kappa shape index (κ2) is 21.3. The van der Waals surface area contributed by atoms with Crippen LogP contribution in [0.3, 0.4) is 0 Å². The van der Waals surface area contributed by atoms with Gasteiger partial charge in [0, 0.05) is 73.8 Å². The summed E-state index contributed by atoms with van der Waals surface area (Å²) in [6, 6.07) is 9.37. The fourth-order valence-corrected chi connectivity index (χ4v) is 10.1. The second-order valence-electron chi connectivity index (χ2n) is 18.0. The molecule has 1 saturated carbocycles. The standard InChI is InChI=1S/C48H62N10O9/c1-4-38-47(64)56(2)39-26-50-48(55-43(39)58(38)30-8-5-6-9-30)53-37-14-12-28(24-40(37)65-3)44(61)51-29-16-18-57(19-17-29)20-21-66-22-23-67-27-35(49)46(63)52-36-11-7-10-31-33(36)25-34(42(31)60)32-13-15-41(59)54-45(32)62/h7,10-12,14,24,26,29-30,32,34-35,38H,4-6,8-9,13,15-23,25,27,49H2,1-3H3,(H,51,61)(H,52,63)(H,50,53,55)(H,54,59,62)/t32?,34?,35-,38-/m1/s1. The van der Waals surface area contributed by atoms with E-state index < -0.39 is 29.7 Å². The number of likely N-dealkylation sites (tertiary alicyclic amines) is 1. The lowest BCUT2D eigenvalue weighted by atomic mass is 9.83. The summed E-state index contributed by atoms with van der Waals surface area (Å²) in [5.41, 5.74) is 9.51. The van der Waals surface area contributed by atoms with Crippen molar-refractivity contribution >= 4 is 64.1 Å². The quantitative estimate of drug-likeness (QED) is 0.0909. The number of ketones is 1. The number of aromatic nitrogens is 2. The van der Waals surface area contributed by atoms with Crippen molar-refractivity contribution in [3.8, 4) is 5.75 Å². The Hall–Kier alpha value is -6.02. The van der Waals surface area contributed by atoms with E-state index in [1.165, 1.54) is 0 Å². The topological polar surface area (TPSA) is 240 Å². The molecule has 5 amide bonds. The highest BCUT2D eigenvalue weighted by atomic mass is 16.5. The van der Waals surface area contributed by atoms with Crippen LogP contribution in [0.4, 0.5) is 28.8 Å². The number of carbonyl (C=O) groups excluding carboxylic acids is 6. The maximum atomic E-state index is 13.4. The molecular formula is C48H62N10O9. The van der Waals surface area contributed by atoms with Crippen molar-refractivity contribution < 1.29 is 43.0 Å². The molecule has 8 rings (SSSR count). The van der Waals surface area contributed by atoms with Crippen LogP contribution in [0.15, 0.2) is 42.6 Å². The molecule has 67 heavy (non-hydrogen) atoms. The lowest BCUT2D eigenvalue weighted by Gasteiger charge is -2.43. The zero-order chi connectivity index (χ0) is 47.2. The van der Waals surface area contributed by atoms with Gasteiger partial charge < -0.3 is 50.6 Å². The number of nitrogens with one attached hydrogen (secondary N) is 4. The number of piperidine rings is 2. The largest absolute Gasteiger partial charge is 0.495 e. The van der Waals surface area contributed by atoms with Crippen LogP contribution in [0.1, 0.15) is 91.0 Å². The number of imide groups is 1. The van der Waals surface area contributed by atoms with E-state index in [-0.39, 0.29) is 67.7 Å². The number of nitrogens with zero attached hydrogens (tertiary/aromatic N) is 5. The first-order chi connectivity index (χ1) is 32.4. The number of ether oxygens (including phenoxy) is 3. The molecule has 2 unspecified atom stereocenters. The SMILES string of the molecule is CC[C@@H]1C(=O)N(C)c2cnc(Nc3ccc(C(=O)NC4CCN(CCOCCOC[C@@H](N)C(=O)Nc5cccc6c5CC(C5CCC(=O)NC5=O)C6=O)CC4)cc3OC)nc2N1C1CCCC1. The van der Waals surface area contributed by atoms with Gasteiger partial charge in [0.25, 0.3) is 5.91 Å². The highest BCUT2D eigenvalue weighted by Crippen LogP contribution is 2.41. The Kier molecular flexibility index (Phi) is 15.1. The summed E-state index contributed by atoms with van der Waals surface area (Å²) in [7, 11) is 3.33. The monoisotopic (exact) mass is 922 g/mol. The highest BCUT2D eigenvalue weighted by molar-refractivity contribution is 6.09. The minimum Gasteiger partial charge on any atom is -0.495 e. The van der Waals surface area contributed by atoms with Crippen LogP contribution in [-0.2, 0) is 35.1 Å². The fourth-order valence-electron chi connectivity index (χ4n) is 10.1. The maximum Gasteiger partial charge on any atom is 0.251 e. The number of anilines is 5. The average molecular weight is 923 g/mol. The molecule has 0 spiro atoms. The van der Waals surface area contributed by atoms with E-state index in [1.54, 1.807) is 61.7 Å². The maximum absolute atomic E-state index is 13.4. The normalized spacial score (nSPS) is 21.8. The Morgan fingerprint density at radius 2 is 1.73 bits per heavy atom. The van der Waals surface area contributed by atoms with Gasteiger partial charge in [-0.2, -0.15) is 4.98 Å². The zero-order valence-corrected chi connectivity index (χ0v) is 38.5. The summed E-state index contributed by atoms with van der Waals surface area (Å²) in [6.07, 6.45) is 9.08. The molecule has 2 saturated heterocycles. The predicted octanol–water partition coefficient (Wildman–Crippen LogP) is 3.33. The molecule has 3 aliphatic heterocycles. The van der Waals surface area contributed by atoms with Crippen molar-refractivity contribution in [2.24, 2.45) is 17.6 Å². The molecule has 6 N–H and O–H groups in total. The van der Waals surface area contributed by atoms with Gasteiger partial charge in [0.2, 0.25) is 29.6 Å². The lowest BCUT2D eigenvalue weighted by Crippen LogP contribution is -2.55. The number of fused-ring (bicyclic) bond motifs is 2. The minimum absolute atomic E-state index is 0.0204. The number of hydrogen-bond acceptors (Lipinski definition) is 15. The number of rotatable bonds is 18. The van der Waals surface area contributed by atoms with Crippen molar-refractivity contribution in [1.82, 2.24) is 25.5 Å². The molecule has 3 aromatic rings. The smallest absolute Gasteiger partial charge is 0.251 e. The van der Waals surface area contributed by atoms with Crippen molar-refractivity contribution in [2.75, 3.05) is 80.7 Å². The first kappa shape index (κ1) is 47.5.